The van der Waals surface area contributed by atoms with E-state index in [9.17, 15) is 23.5 Å². The first kappa shape index (κ1) is 24.9. The third-order valence-electron chi connectivity index (χ3n) is 6.00. The fourth-order valence-electron chi connectivity index (χ4n) is 4.16. The Labute approximate surface area is 203 Å². The van der Waals surface area contributed by atoms with Crippen LogP contribution in [-0.2, 0) is 15.9 Å². The predicted molar refractivity (Wildman–Crippen MR) is 124 cm³/mol. The van der Waals surface area contributed by atoms with Gasteiger partial charge in [-0.15, -0.1) is 10.2 Å². The SMILES string of the molecule is COCCN1C(=O)c2c(O)c(=O)c(-c3nnc(Cc4ccc(F)cc4F)s3)cn2[C@H](C)[C@@H]1COC. The largest absolute Gasteiger partial charge is 0.503 e. The summed E-state index contributed by atoms with van der Waals surface area (Å²) >= 11 is 1.05. The zero-order valence-corrected chi connectivity index (χ0v) is 20.1. The van der Waals surface area contributed by atoms with E-state index in [2.05, 4.69) is 10.2 Å². The van der Waals surface area contributed by atoms with E-state index in [1.54, 1.807) is 4.57 Å². The average Bonchev–Trinajstić information content (AvgIpc) is 3.29. The van der Waals surface area contributed by atoms with Crippen molar-refractivity contribution < 1.29 is 28.2 Å². The third kappa shape index (κ3) is 4.68. The van der Waals surface area contributed by atoms with E-state index < -0.39 is 28.7 Å². The molecular weight excluding hydrogens is 482 g/mol. The summed E-state index contributed by atoms with van der Waals surface area (Å²) < 4.78 is 39.2. The second-order valence-electron chi connectivity index (χ2n) is 8.14. The van der Waals surface area contributed by atoms with Crippen LogP contribution in [0.2, 0.25) is 0 Å². The monoisotopic (exact) mass is 506 g/mol. The first-order valence-corrected chi connectivity index (χ1v) is 11.6. The lowest BCUT2D eigenvalue weighted by molar-refractivity contribution is 0.0225. The number of aromatic hydroxyl groups is 1. The molecule has 0 saturated heterocycles. The molecule has 1 aromatic carbocycles. The quantitative estimate of drug-likeness (QED) is 0.501. The van der Waals surface area contributed by atoms with E-state index in [0.29, 0.717) is 5.01 Å². The molecule has 12 heteroatoms. The molecule has 0 saturated carbocycles. The van der Waals surface area contributed by atoms with E-state index in [1.807, 2.05) is 6.92 Å². The Morgan fingerprint density at radius 3 is 2.63 bits per heavy atom. The number of rotatable bonds is 8. The second kappa shape index (κ2) is 10.2. The average molecular weight is 507 g/mol. The summed E-state index contributed by atoms with van der Waals surface area (Å²) in [6.45, 7) is 2.65. The molecule has 35 heavy (non-hydrogen) atoms. The molecule has 3 heterocycles. The summed E-state index contributed by atoms with van der Waals surface area (Å²) in [5.41, 5.74) is -0.579. The molecule has 3 aromatic rings. The van der Waals surface area contributed by atoms with Gasteiger partial charge < -0.3 is 24.0 Å². The number of halogens is 2. The standard InChI is InChI=1S/C23H24F2N4O5S/c1-12-17(11-34-3)28(6-7-33-2)23(32)19-21(31)20(30)15(10-29(12)19)22-27-26-18(35-22)8-13-4-5-14(24)9-16(13)25/h4-5,9-10,12,17,31H,6-8,11H2,1-3H3/t12-,17+/m1/s1. The van der Waals surface area contributed by atoms with Gasteiger partial charge in [-0.05, 0) is 18.6 Å². The van der Waals surface area contributed by atoms with Crippen molar-refractivity contribution in [2.75, 3.05) is 34.0 Å². The normalized spacial score (nSPS) is 17.6. The molecule has 0 spiro atoms. The van der Waals surface area contributed by atoms with Crippen LogP contribution in [0.1, 0.15) is 34.0 Å². The van der Waals surface area contributed by atoms with Crippen molar-refractivity contribution in [1.29, 1.82) is 0 Å². The Hall–Kier alpha value is -3.22. The van der Waals surface area contributed by atoms with Crippen molar-refractivity contribution in [2.24, 2.45) is 0 Å². The number of ether oxygens (including phenoxy) is 2. The molecule has 4 rings (SSSR count). The van der Waals surface area contributed by atoms with Gasteiger partial charge >= 0.3 is 0 Å². The maximum absolute atomic E-state index is 14.0. The summed E-state index contributed by atoms with van der Waals surface area (Å²) in [4.78, 5) is 27.8. The van der Waals surface area contributed by atoms with Crippen molar-refractivity contribution in [3.05, 3.63) is 62.5 Å². The summed E-state index contributed by atoms with van der Waals surface area (Å²) in [7, 11) is 3.05. The molecule has 1 N–H and O–H groups in total. The van der Waals surface area contributed by atoms with Gasteiger partial charge in [-0.25, -0.2) is 8.78 Å². The fourth-order valence-corrected chi connectivity index (χ4v) is 5.03. The lowest BCUT2D eigenvalue weighted by Gasteiger charge is -2.41. The first-order valence-electron chi connectivity index (χ1n) is 10.8. The van der Waals surface area contributed by atoms with Gasteiger partial charge in [0, 0.05) is 39.4 Å². The van der Waals surface area contributed by atoms with Crippen LogP contribution in [0, 0.1) is 11.6 Å². The topological polar surface area (TPSA) is 107 Å². The molecule has 0 unspecified atom stereocenters. The van der Waals surface area contributed by atoms with Crippen LogP contribution in [0.3, 0.4) is 0 Å². The highest BCUT2D eigenvalue weighted by Crippen LogP contribution is 2.33. The molecule has 0 fully saturated rings. The predicted octanol–water partition coefficient (Wildman–Crippen LogP) is 2.62. The van der Waals surface area contributed by atoms with Gasteiger partial charge in [0.05, 0.1) is 30.9 Å². The number of aromatic nitrogens is 3. The highest BCUT2D eigenvalue weighted by atomic mass is 32.1. The molecule has 186 valence electrons. The van der Waals surface area contributed by atoms with Crippen molar-refractivity contribution in [3.8, 4) is 16.3 Å². The van der Waals surface area contributed by atoms with Gasteiger partial charge in [0.1, 0.15) is 16.6 Å². The lowest BCUT2D eigenvalue weighted by atomic mass is 10.0. The summed E-state index contributed by atoms with van der Waals surface area (Å²) in [6, 6.07) is 2.56. The lowest BCUT2D eigenvalue weighted by Crippen LogP contribution is -2.53. The van der Waals surface area contributed by atoms with E-state index in [0.717, 1.165) is 23.5 Å². The summed E-state index contributed by atoms with van der Waals surface area (Å²) in [5, 5.41) is 19.5. The molecular formula is C23H24F2N4O5S. The molecule has 0 radical (unpaired) electrons. The van der Waals surface area contributed by atoms with Gasteiger partial charge in [0.25, 0.3) is 5.91 Å². The molecule has 1 amide bonds. The van der Waals surface area contributed by atoms with Crippen LogP contribution in [0.15, 0.2) is 29.2 Å². The number of carbonyl (C=O) groups is 1. The minimum absolute atomic E-state index is 0.0568. The fraction of sp³-hybridized carbons (Fsp3) is 0.391. The maximum atomic E-state index is 14.0. The minimum atomic E-state index is -0.760. The van der Waals surface area contributed by atoms with Crippen molar-refractivity contribution in [3.63, 3.8) is 0 Å². The van der Waals surface area contributed by atoms with Gasteiger partial charge in [-0.1, -0.05) is 17.4 Å². The zero-order chi connectivity index (χ0) is 25.3. The Morgan fingerprint density at radius 2 is 1.94 bits per heavy atom. The van der Waals surface area contributed by atoms with Crippen LogP contribution >= 0.6 is 11.3 Å². The molecule has 1 aliphatic rings. The van der Waals surface area contributed by atoms with E-state index in [-0.39, 0.29) is 60.1 Å². The van der Waals surface area contributed by atoms with Gasteiger partial charge in [-0.3, -0.25) is 9.59 Å². The summed E-state index contributed by atoms with van der Waals surface area (Å²) in [6.07, 6.45) is 1.54. The number of fused-ring (bicyclic) bond motifs is 1. The minimum Gasteiger partial charge on any atom is -0.503 e. The van der Waals surface area contributed by atoms with Crippen LogP contribution in [0.5, 0.6) is 5.75 Å². The van der Waals surface area contributed by atoms with E-state index >= 15 is 0 Å². The van der Waals surface area contributed by atoms with Crippen LogP contribution in [-0.4, -0.2) is 70.7 Å². The Morgan fingerprint density at radius 1 is 1.17 bits per heavy atom. The molecule has 1 aliphatic heterocycles. The number of hydrogen-bond donors (Lipinski definition) is 1. The molecule has 9 nitrogen and oxygen atoms in total. The van der Waals surface area contributed by atoms with Crippen LogP contribution < -0.4 is 5.43 Å². The number of methoxy groups -OCH3 is 2. The highest BCUT2D eigenvalue weighted by molar-refractivity contribution is 7.14. The number of hydrogen-bond acceptors (Lipinski definition) is 8. The second-order valence-corrected chi connectivity index (χ2v) is 9.21. The van der Waals surface area contributed by atoms with Crippen LogP contribution in [0.25, 0.3) is 10.6 Å². The van der Waals surface area contributed by atoms with Crippen molar-refractivity contribution in [1.82, 2.24) is 19.7 Å². The number of carbonyl (C=O) groups excluding carboxylic acids is 1. The van der Waals surface area contributed by atoms with Gasteiger partial charge in [-0.2, -0.15) is 0 Å². The number of nitrogens with zero attached hydrogens (tertiary/aromatic N) is 4. The number of benzene rings is 1. The first-order chi connectivity index (χ1) is 16.8. The number of amides is 1. The third-order valence-corrected chi connectivity index (χ3v) is 6.95. The van der Waals surface area contributed by atoms with Crippen LogP contribution in [0.4, 0.5) is 8.78 Å². The van der Waals surface area contributed by atoms with Gasteiger partial charge in [0.15, 0.2) is 16.5 Å². The Kier molecular flexibility index (Phi) is 7.24. The Bertz CT molecular complexity index is 1310. The zero-order valence-electron chi connectivity index (χ0n) is 19.3. The van der Waals surface area contributed by atoms with Gasteiger partial charge in [0.2, 0.25) is 5.43 Å². The summed E-state index contributed by atoms with van der Waals surface area (Å²) in [5.74, 6) is -2.58. The van der Waals surface area contributed by atoms with E-state index in [1.165, 1.54) is 31.4 Å². The molecule has 0 bridgehead atoms. The van der Waals surface area contributed by atoms with Crippen molar-refractivity contribution in [2.45, 2.75) is 25.4 Å². The molecule has 0 aliphatic carbocycles. The molecule has 2 aromatic heterocycles. The van der Waals surface area contributed by atoms with E-state index in [4.69, 9.17) is 9.47 Å². The number of pyridine rings is 1. The maximum Gasteiger partial charge on any atom is 0.274 e. The van der Waals surface area contributed by atoms with Crippen molar-refractivity contribution >= 4 is 17.2 Å². The highest BCUT2D eigenvalue weighted by Gasteiger charge is 2.40. The Balaban J connectivity index is 1.73. The molecule has 2 atom stereocenters. The smallest absolute Gasteiger partial charge is 0.274 e.